The Labute approximate surface area is 157 Å². The van der Waals surface area contributed by atoms with Gasteiger partial charge in [0.05, 0.1) is 5.39 Å². The number of hydrogen-bond acceptors (Lipinski definition) is 5. The lowest BCUT2D eigenvalue weighted by Crippen LogP contribution is -2.46. The number of aromatic nitrogens is 2. The smallest absolute Gasteiger partial charge is 0.360 e. The summed E-state index contributed by atoms with van der Waals surface area (Å²) < 4.78 is 6.45. The van der Waals surface area contributed by atoms with E-state index in [2.05, 4.69) is 17.3 Å². The standard InChI is InChI=1S/C20H25N3O4/c1-12-8-4-7-11-16(12)21-18(24)13(2)27-20(26)17-14-9-5-6-10-15(14)19(25)23(3)22-17/h5-6,9-10,12-13,16H,4,7-8,11H2,1-3H3,(H,21,24)/t12-,13+,16-/m0/s1. The van der Waals surface area contributed by atoms with E-state index in [1.165, 1.54) is 13.5 Å². The van der Waals surface area contributed by atoms with Crippen molar-refractivity contribution in [2.24, 2.45) is 13.0 Å². The van der Waals surface area contributed by atoms with Gasteiger partial charge in [-0.1, -0.05) is 38.0 Å². The number of fused-ring (bicyclic) bond motifs is 1. The maximum atomic E-state index is 12.6. The maximum absolute atomic E-state index is 12.6. The minimum absolute atomic E-state index is 0.0263. The van der Waals surface area contributed by atoms with Gasteiger partial charge in [0, 0.05) is 18.5 Å². The molecule has 1 aromatic heterocycles. The zero-order valence-corrected chi connectivity index (χ0v) is 15.9. The molecule has 1 aliphatic carbocycles. The number of carbonyl (C=O) groups is 2. The summed E-state index contributed by atoms with van der Waals surface area (Å²) >= 11 is 0. The molecular formula is C20H25N3O4. The number of rotatable bonds is 4. The van der Waals surface area contributed by atoms with E-state index in [-0.39, 0.29) is 23.2 Å². The van der Waals surface area contributed by atoms with Gasteiger partial charge in [0.25, 0.3) is 11.5 Å². The topological polar surface area (TPSA) is 90.3 Å². The molecule has 7 nitrogen and oxygen atoms in total. The zero-order chi connectivity index (χ0) is 19.6. The highest BCUT2D eigenvalue weighted by molar-refractivity contribution is 6.02. The first-order chi connectivity index (χ1) is 12.9. The molecule has 27 heavy (non-hydrogen) atoms. The van der Waals surface area contributed by atoms with E-state index < -0.39 is 12.1 Å². The molecule has 7 heteroatoms. The number of ether oxygens (including phenoxy) is 1. The molecule has 0 bridgehead atoms. The third-order valence-electron chi connectivity index (χ3n) is 5.24. The first-order valence-electron chi connectivity index (χ1n) is 9.36. The van der Waals surface area contributed by atoms with E-state index in [4.69, 9.17) is 4.74 Å². The SMILES string of the molecule is C[C@@H](OC(=O)c1nn(C)c(=O)c2ccccc12)C(=O)N[C@H]1CCCC[C@@H]1C. The van der Waals surface area contributed by atoms with Crippen molar-refractivity contribution in [2.45, 2.75) is 51.7 Å². The first-order valence-corrected chi connectivity index (χ1v) is 9.36. The summed E-state index contributed by atoms with van der Waals surface area (Å²) in [5.74, 6) is -0.614. The second-order valence-electron chi connectivity index (χ2n) is 7.25. The first kappa shape index (κ1) is 19.1. The Morgan fingerprint density at radius 1 is 1.22 bits per heavy atom. The molecule has 2 aromatic rings. The normalized spacial score (nSPS) is 20.9. The van der Waals surface area contributed by atoms with E-state index in [0.717, 1.165) is 23.9 Å². The van der Waals surface area contributed by atoms with Crippen LogP contribution in [-0.4, -0.2) is 33.8 Å². The molecule has 1 heterocycles. The largest absolute Gasteiger partial charge is 0.448 e. The number of nitrogens with one attached hydrogen (secondary N) is 1. The molecule has 1 aromatic carbocycles. The second-order valence-corrected chi connectivity index (χ2v) is 7.25. The number of benzene rings is 1. The fourth-order valence-corrected chi connectivity index (χ4v) is 3.55. The molecule has 1 N–H and O–H groups in total. The van der Waals surface area contributed by atoms with Crippen LogP contribution in [0.5, 0.6) is 0 Å². The van der Waals surface area contributed by atoms with Gasteiger partial charge in [-0.25, -0.2) is 9.48 Å². The third kappa shape index (κ3) is 4.02. The van der Waals surface area contributed by atoms with Gasteiger partial charge < -0.3 is 10.1 Å². The Hall–Kier alpha value is -2.70. The summed E-state index contributed by atoms with van der Waals surface area (Å²) in [7, 11) is 1.48. The average molecular weight is 371 g/mol. The number of hydrogen-bond donors (Lipinski definition) is 1. The summed E-state index contributed by atoms with van der Waals surface area (Å²) in [6, 6.07) is 6.84. The highest BCUT2D eigenvalue weighted by Crippen LogP contribution is 2.24. The predicted octanol–water partition coefficient (Wildman–Crippen LogP) is 2.17. The molecule has 1 fully saturated rings. The Morgan fingerprint density at radius 2 is 1.89 bits per heavy atom. The molecule has 0 spiro atoms. The van der Waals surface area contributed by atoms with Gasteiger partial charge in [-0.3, -0.25) is 9.59 Å². The van der Waals surface area contributed by atoms with Crippen LogP contribution < -0.4 is 10.9 Å². The van der Waals surface area contributed by atoms with E-state index in [9.17, 15) is 14.4 Å². The van der Waals surface area contributed by atoms with Crippen molar-refractivity contribution >= 4 is 22.6 Å². The van der Waals surface area contributed by atoms with E-state index in [1.54, 1.807) is 31.2 Å². The fraction of sp³-hybridized carbons (Fsp3) is 0.500. The van der Waals surface area contributed by atoms with Crippen molar-refractivity contribution in [3.63, 3.8) is 0 Å². The lowest BCUT2D eigenvalue weighted by atomic mass is 9.86. The molecule has 1 aliphatic rings. The van der Waals surface area contributed by atoms with Crippen LogP contribution in [0.4, 0.5) is 0 Å². The zero-order valence-electron chi connectivity index (χ0n) is 15.9. The Morgan fingerprint density at radius 3 is 2.59 bits per heavy atom. The lowest BCUT2D eigenvalue weighted by molar-refractivity contribution is -0.130. The Bertz CT molecular complexity index is 921. The van der Waals surface area contributed by atoms with Gasteiger partial charge in [0.15, 0.2) is 11.8 Å². The van der Waals surface area contributed by atoms with Crippen LogP contribution >= 0.6 is 0 Å². The number of carbonyl (C=O) groups excluding carboxylic acids is 2. The maximum Gasteiger partial charge on any atom is 0.360 e. The molecule has 3 rings (SSSR count). The lowest BCUT2D eigenvalue weighted by Gasteiger charge is -2.30. The van der Waals surface area contributed by atoms with Gasteiger partial charge in [-0.15, -0.1) is 0 Å². The molecule has 0 aliphatic heterocycles. The van der Waals surface area contributed by atoms with Crippen LogP contribution in [0.15, 0.2) is 29.1 Å². The molecule has 0 radical (unpaired) electrons. The van der Waals surface area contributed by atoms with Gasteiger partial charge in [0.2, 0.25) is 0 Å². The summed E-state index contributed by atoms with van der Waals surface area (Å²) in [6.45, 7) is 3.67. The van der Waals surface area contributed by atoms with Crippen molar-refractivity contribution in [2.75, 3.05) is 0 Å². The van der Waals surface area contributed by atoms with E-state index in [1.807, 2.05) is 0 Å². The minimum Gasteiger partial charge on any atom is -0.448 e. The van der Waals surface area contributed by atoms with Crippen molar-refractivity contribution in [1.82, 2.24) is 15.1 Å². The number of esters is 1. The molecule has 0 unspecified atom stereocenters. The minimum atomic E-state index is -0.940. The van der Waals surface area contributed by atoms with Gasteiger partial charge in [0.1, 0.15) is 0 Å². The fourth-order valence-electron chi connectivity index (χ4n) is 3.55. The van der Waals surface area contributed by atoms with Crippen molar-refractivity contribution < 1.29 is 14.3 Å². The van der Waals surface area contributed by atoms with Crippen LogP contribution in [0.1, 0.15) is 50.0 Å². The van der Waals surface area contributed by atoms with Crippen LogP contribution in [0.3, 0.4) is 0 Å². The molecule has 1 amide bonds. The highest BCUT2D eigenvalue weighted by atomic mass is 16.5. The quantitative estimate of drug-likeness (QED) is 0.832. The summed E-state index contributed by atoms with van der Waals surface area (Å²) in [4.78, 5) is 37.2. The molecule has 144 valence electrons. The summed E-state index contributed by atoms with van der Waals surface area (Å²) in [5, 5.41) is 7.83. The van der Waals surface area contributed by atoms with Crippen molar-refractivity contribution in [3.8, 4) is 0 Å². The number of amides is 1. The number of aryl methyl sites for hydroxylation is 1. The number of nitrogens with zero attached hydrogens (tertiary/aromatic N) is 2. The second kappa shape index (κ2) is 7.90. The van der Waals surface area contributed by atoms with Crippen molar-refractivity contribution in [3.05, 3.63) is 40.3 Å². The van der Waals surface area contributed by atoms with Crippen molar-refractivity contribution in [1.29, 1.82) is 0 Å². The third-order valence-corrected chi connectivity index (χ3v) is 5.24. The average Bonchev–Trinajstić information content (AvgIpc) is 2.66. The Kier molecular flexibility index (Phi) is 5.58. The van der Waals surface area contributed by atoms with Gasteiger partial charge in [-0.2, -0.15) is 5.10 Å². The molecule has 0 saturated heterocycles. The van der Waals surface area contributed by atoms with Gasteiger partial charge >= 0.3 is 5.97 Å². The van der Waals surface area contributed by atoms with Crippen LogP contribution in [0, 0.1) is 5.92 Å². The van der Waals surface area contributed by atoms with Crippen LogP contribution in [-0.2, 0) is 16.6 Å². The predicted molar refractivity (Wildman–Crippen MR) is 101 cm³/mol. The summed E-state index contributed by atoms with van der Waals surface area (Å²) in [6.07, 6.45) is 3.37. The highest BCUT2D eigenvalue weighted by Gasteiger charge is 2.27. The van der Waals surface area contributed by atoms with E-state index >= 15 is 0 Å². The Balaban J connectivity index is 1.75. The monoisotopic (exact) mass is 371 g/mol. The molecular weight excluding hydrogens is 346 g/mol. The summed E-state index contributed by atoms with van der Waals surface area (Å²) in [5.41, 5.74) is -0.266. The molecule has 3 atom stereocenters. The molecule has 1 saturated carbocycles. The van der Waals surface area contributed by atoms with E-state index in [0.29, 0.717) is 16.7 Å². The van der Waals surface area contributed by atoms with Crippen LogP contribution in [0.25, 0.3) is 10.8 Å². The van der Waals surface area contributed by atoms with Crippen LogP contribution in [0.2, 0.25) is 0 Å². The van der Waals surface area contributed by atoms with Gasteiger partial charge in [-0.05, 0) is 31.7 Å².